The topological polar surface area (TPSA) is 64.7 Å². The molecule has 0 amide bonds. The summed E-state index contributed by atoms with van der Waals surface area (Å²) in [6, 6.07) is 0. The van der Waals surface area contributed by atoms with Crippen LogP contribution in [0.3, 0.4) is 0 Å². The Hall–Kier alpha value is -0.160. The van der Waals surface area contributed by atoms with Gasteiger partial charge in [0.15, 0.2) is 6.29 Å². The Morgan fingerprint density at radius 1 is 1.50 bits per heavy atom. The summed E-state index contributed by atoms with van der Waals surface area (Å²) in [7, 11) is 0. The maximum atomic E-state index is 8.75. The van der Waals surface area contributed by atoms with Crippen LogP contribution in [0.2, 0.25) is 0 Å². The Morgan fingerprint density at radius 2 is 2.20 bits per heavy atom. The molecule has 3 N–H and O–H groups in total. The van der Waals surface area contributed by atoms with Crippen molar-refractivity contribution in [2.75, 3.05) is 26.4 Å². The molecule has 1 unspecified atom stereocenters. The van der Waals surface area contributed by atoms with Gasteiger partial charge in [-0.15, -0.1) is 0 Å². The fraction of sp³-hybridized carbons (Fsp3) is 1.00. The van der Waals surface area contributed by atoms with E-state index in [9.17, 15) is 0 Å². The molecule has 0 radical (unpaired) electrons. The normalized spacial score (nSPS) is 13.5. The van der Waals surface area contributed by atoms with Crippen molar-refractivity contribution in [3.8, 4) is 0 Å². The lowest BCUT2D eigenvalue weighted by Crippen LogP contribution is -2.24. The van der Waals surface area contributed by atoms with E-state index in [1.54, 1.807) is 0 Å². The van der Waals surface area contributed by atoms with Gasteiger partial charge in [0.1, 0.15) is 0 Å². The zero-order chi connectivity index (χ0) is 7.82. The van der Waals surface area contributed by atoms with E-state index >= 15 is 0 Å². The van der Waals surface area contributed by atoms with Gasteiger partial charge in [-0.1, -0.05) is 0 Å². The number of aliphatic hydroxyl groups is 1. The summed E-state index contributed by atoms with van der Waals surface area (Å²) in [6.07, 6.45) is -0.847. The highest BCUT2D eigenvalue weighted by atomic mass is 16.6. The van der Waals surface area contributed by atoms with Gasteiger partial charge in [0, 0.05) is 13.2 Å². The van der Waals surface area contributed by atoms with E-state index < -0.39 is 6.29 Å². The largest absolute Gasteiger partial charge is 0.379 e. The fourth-order valence-corrected chi connectivity index (χ4v) is 0.455. The molecule has 0 spiro atoms. The molecule has 1 atom stereocenters. The molecule has 4 heteroatoms. The van der Waals surface area contributed by atoms with Crippen molar-refractivity contribution >= 4 is 0 Å². The van der Waals surface area contributed by atoms with Gasteiger partial charge in [0.25, 0.3) is 0 Å². The van der Waals surface area contributed by atoms with Crippen LogP contribution in [-0.2, 0) is 9.47 Å². The lowest BCUT2D eigenvalue weighted by Gasteiger charge is -2.08. The SMILES string of the molecule is CCOCCOC(O)CN. The molecule has 4 nitrogen and oxygen atoms in total. The lowest BCUT2D eigenvalue weighted by atomic mass is 10.6. The fourth-order valence-electron chi connectivity index (χ4n) is 0.455. The van der Waals surface area contributed by atoms with Gasteiger partial charge in [-0.25, -0.2) is 0 Å². The van der Waals surface area contributed by atoms with Gasteiger partial charge in [-0.3, -0.25) is 0 Å². The van der Waals surface area contributed by atoms with E-state index in [0.29, 0.717) is 19.8 Å². The second-order valence-electron chi connectivity index (χ2n) is 1.76. The highest BCUT2D eigenvalue weighted by Gasteiger charge is 1.97. The molecule has 0 aliphatic rings. The Bertz CT molecular complexity index is 70.0. The third-order valence-corrected chi connectivity index (χ3v) is 0.944. The van der Waals surface area contributed by atoms with Crippen molar-refractivity contribution < 1.29 is 14.6 Å². The van der Waals surface area contributed by atoms with E-state index in [0.717, 1.165) is 0 Å². The minimum atomic E-state index is -0.847. The third-order valence-electron chi connectivity index (χ3n) is 0.944. The van der Waals surface area contributed by atoms with Gasteiger partial charge in [0.2, 0.25) is 0 Å². The van der Waals surface area contributed by atoms with Crippen LogP contribution in [0.15, 0.2) is 0 Å². The van der Waals surface area contributed by atoms with Gasteiger partial charge in [-0.05, 0) is 6.92 Å². The maximum absolute atomic E-state index is 8.75. The average molecular weight is 149 g/mol. The summed E-state index contributed by atoms with van der Waals surface area (Å²) in [4.78, 5) is 0. The van der Waals surface area contributed by atoms with Crippen LogP contribution in [0.1, 0.15) is 6.92 Å². The van der Waals surface area contributed by atoms with Gasteiger partial charge in [-0.2, -0.15) is 0 Å². The minimum Gasteiger partial charge on any atom is -0.379 e. The first-order valence-corrected chi connectivity index (χ1v) is 3.38. The van der Waals surface area contributed by atoms with Crippen molar-refractivity contribution in [1.29, 1.82) is 0 Å². The second-order valence-corrected chi connectivity index (χ2v) is 1.76. The molecule has 0 rings (SSSR count). The predicted molar refractivity (Wildman–Crippen MR) is 37.5 cm³/mol. The van der Waals surface area contributed by atoms with Crippen molar-refractivity contribution in [2.45, 2.75) is 13.2 Å². The minimum absolute atomic E-state index is 0.131. The third kappa shape index (κ3) is 5.97. The summed E-state index contributed by atoms with van der Waals surface area (Å²) in [6.45, 7) is 3.60. The summed E-state index contributed by atoms with van der Waals surface area (Å²) >= 11 is 0. The van der Waals surface area contributed by atoms with Gasteiger partial charge in [0.05, 0.1) is 13.2 Å². The number of rotatable bonds is 6. The van der Waals surface area contributed by atoms with Crippen molar-refractivity contribution in [1.82, 2.24) is 0 Å². The smallest absolute Gasteiger partial charge is 0.166 e. The summed E-state index contributed by atoms with van der Waals surface area (Å²) < 4.78 is 9.75. The molecule has 0 aliphatic heterocycles. The van der Waals surface area contributed by atoms with Crippen molar-refractivity contribution in [2.24, 2.45) is 5.73 Å². The molecule has 0 aromatic heterocycles. The highest BCUT2D eigenvalue weighted by Crippen LogP contribution is 1.83. The Balaban J connectivity index is 2.89. The Labute approximate surface area is 60.9 Å². The molecule has 0 heterocycles. The van der Waals surface area contributed by atoms with E-state index in [4.69, 9.17) is 20.3 Å². The van der Waals surface area contributed by atoms with Crippen LogP contribution >= 0.6 is 0 Å². The van der Waals surface area contributed by atoms with Crippen LogP contribution in [0.5, 0.6) is 0 Å². The van der Waals surface area contributed by atoms with Crippen LogP contribution in [0.25, 0.3) is 0 Å². The zero-order valence-electron chi connectivity index (χ0n) is 6.25. The standard InChI is InChI=1S/C6H15NO3/c1-2-9-3-4-10-6(8)5-7/h6,8H,2-5,7H2,1H3. The Kier molecular flexibility index (Phi) is 6.84. The highest BCUT2D eigenvalue weighted by molar-refractivity contribution is 4.38. The van der Waals surface area contributed by atoms with Gasteiger partial charge >= 0.3 is 0 Å². The molecule has 0 aliphatic carbocycles. The molecular formula is C6H15NO3. The van der Waals surface area contributed by atoms with E-state index in [1.807, 2.05) is 6.92 Å². The van der Waals surface area contributed by atoms with Crippen LogP contribution in [0.4, 0.5) is 0 Å². The quantitative estimate of drug-likeness (QED) is 0.388. The first kappa shape index (κ1) is 9.84. The predicted octanol–water partition coefficient (Wildman–Crippen LogP) is -0.683. The summed E-state index contributed by atoms with van der Waals surface area (Å²) in [5.74, 6) is 0. The number of ether oxygens (including phenoxy) is 2. The molecule has 0 aromatic rings. The molecule has 0 saturated heterocycles. The summed E-state index contributed by atoms with van der Waals surface area (Å²) in [5.41, 5.74) is 5.07. The lowest BCUT2D eigenvalue weighted by molar-refractivity contribution is -0.104. The van der Waals surface area contributed by atoms with E-state index in [-0.39, 0.29) is 6.54 Å². The summed E-state index contributed by atoms with van der Waals surface area (Å²) in [5, 5.41) is 8.75. The number of hydrogen-bond donors (Lipinski definition) is 2. The van der Waals surface area contributed by atoms with Crippen LogP contribution in [0, 0.1) is 0 Å². The Morgan fingerprint density at radius 3 is 2.70 bits per heavy atom. The van der Waals surface area contributed by atoms with E-state index in [2.05, 4.69) is 0 Å². The molecular weight excluding hydrogens is 134 g/mol. The van der Waals surface area contributed by atoms with Crippen molar-refractivity contribution in [3.63, 3.8) is 0 Å². The molecule has 0 aromatic carbocycles. The zero-order valence-corrected chi connectivity index (χ0v) is 6.25. The first-order chi connectivity index (χ1) is 4.81. The molecule has 0 fully saturated rings. The molecule has 62 valence electrons. The number of hydrogen-bond acceptors (Lipinski definition) is 4. The van der Waals surface area contributed by atoms with Gasteiger partial charge < -0.3 is 20.3 Å². The monoisotopic (exact) mass is 149 g/mol. The molecule has 0 saturated carbocycles. The van der Waals surface area contributed by atoms with Crippen molar-refractivity contribution in [3.05, 3.63) is 0 Å². The number of nitrogens with two attached hydrogens (primary N) is 1. The van der Waals surface area contributed by atoms with Crippen LogP contribution < -0.4 is 5.73 Å². The number of aliphatic hydroxyl groups excluding tert-OH is 1. The van der Waals surface area contributed by atoms with E-state index in [1.165, 1.54) is 0 Å². The average Bonchev–Trinajstić information content (AvgIpc) is 1.98. The molecule has 0 bridgehead atoms. The maximum Gasteiger partial charge on any atom is 0.166 e. The molecule has 10 heavy (non-hydrogen) atoms. The second kappa shape index (κ2) is 6.95. The van der Waals surface area contributed by atoms with Crippen LogP contribution in [-0.4, -0.2) is 37.8 Å². The first-order valence-electron chi connectivity index (χ1n) is 3.38.